The van der Waals surface area contributed by atoms with E-state index in [1.165, 1.54) is 19.4 Å². The number of ether oxygens (including phenoxy) is 1. The van der Waals surface area contributed by atoms with Crippen LogP contribution in [0.5, 0.6) is 5.75 Å². The summed E-state index contributed by atoms with van der Waals surface area (Å²) in [4.78, 5) is 30.7. The number of methoxy groups -OCH3 is 1. The molecule has 2 heterocycles. The highest BCUT2D eigenvalue weighted by molar-refractivity contribution is 9.10. The van der Waals surface area contributed by atoms with Gasteiger partial charge in [-0.05, 0) is 35.9 Å². The van der Waals surface area contributed by atoms with E-state index in [0.29, 0.717) is 16.5 Å². The van der Waals surface area contributed by atoms with E-state index in [-0.39, 0.29) is 24.5 Å². The number of amides is 1. The second-order valence-electron chi connectivity index (χ2n) is 5.81. The largest absolute Gasteiger partial charge is 0.495 e. The molecule has 1 aromatic heterocycles. The average Bonchev–Trinajstić information content (AvgIpc) is 2.64. The monoisotopic (exact) mass is 434 g/mol. The number of rotatable bonds is 4. The number of pyridine rings is 1. The Balaban J connectivity index is 1.88. The van der Waals surface area contributed by atoms with Crippen LogP contribution in [0.1, 0.15) is 23.7 Å². The molecule has 26 heavy (non-hydrogen) atoms. The van der Waals surface area contributed by atoms with Gasteiger partial charge in [-0.15, -0.1) is 0 Å². The van der Waals surface area contributed by atoms with Crippen molar-refractivity contribution >= 4 is 39.2 Å². The predicted molar refractivity (Wildman–Crippen MR) is 102 cm³/mol. The lowest BCUT2D eigenvalue weighted by Gasteiger charge is -2.30. The molecule has 0 saturated carbocycles. The number of carbonyl (C=O) groups is 2. The maximum absolute atomic E-state index is 12.9. The van der Waals surface area contributed by atoms with E-state index < -0.39 is 6.04 Å². The Kier molecular flexibility index (Phi) is 5.74. The number of halogens is 2. The minimum Gasteiger partial charge on any atom is -0.495 e. The molecule has 0 radical (unpaired) electrons. The van der Waals surface area contributed by atoms with E-state index in [0.717, 1.165) is 10.0 Å². The van der Waals surface area contributed by atoms with Crippen LogP contribution in [0.25, 0.3) is 0 Å². The fraction of sp³-hybridized carbons (Fsp3) is 0.211. The van der Waals surface area contributed by atoms with Crippen LogP contribution in [0.15, 0.2) is 53.3 Å². The van der Waals surface area contributed by atoms with Gasteiger partial charge in [0, 0.05) is 23.3 Å². The number of hydrogen-bond acceptors (Lipinski definition) is 4. The molecule has 0 bridgehead atoms. The lowest BCUT2D eigenvalue weighted by Crippen LogP contribution is -2.35. The average molecular weight is 436 g/mol. The summed E-state index contributed by atoms with van der Waals surface area (Å²) in [5.74, 6) is 0.330. The molecule has 1 unspecified atom stereocenters. The number of benzene rings is 1. The zero-order chi connectivity index (χ0) is 18.7. The van der Waals surface area contributed by atoms with Crippen LogP contribution < -0.4 is 4.74 Å². The summed E-state index contributed by atoms with van der Waals surface area (Å²) in [6, 6.07) is 8.49. The van der Waals surface area contributed by atoms with E-state index >= 15 is 0 Å². The summed E-state index contributed by atoms with van der Waals surface area (Å²) in [6.45, 7) is 0. The summed E-state index contributed by atoms with van der Waals surface area (Å²) in [5, 5.41) is 0.463. The summed E-state index contributed by atoms with van der Waals surface area (Å²) in [7, 11) is 1.52. The van der Waals surface area contributed by atoms with Crippen molar-refractivity contribution in [3.05, 3.63) is 69.6 Å². The highest BCUT2D eigenvalue weighted by Gasteiger charge is 2.29. The molecule has 2 aromatic rings. The van der Waals surface area contributed by atoms with Crippen molar-refractivity contribution in [3.8, 4) is 5.75 Å². The predicted octanol–water partition coefficient (Wildman–Crippen LogP) is 4.11. The lowest BCUT2D eigenvalue weighted by molar-refractivity contribution is -0.131. The van der Waals surface area contributed by atoms with Crippen molar-refractivity contribution in [1.82, 2.24) is 9.88 Å². The van der Waals surface area contributed by atoms with Gasteiger partial charge in [0.05, 0.1) is 30.3 Å². The third kappa shape index (κ3) is 3.97. The van der Waals surface area contributed by atoms with Crippen LogP contribution in [0.2, 0.25) is 5.02 Å². The van der Waals surface area contributed by atoms with E-state index in [2.05, 4.69) is 20.9 Å². The van der Waals surface area contributed by atoms with Gasteiger partial charge in [0.2, 0.25) is 5.91 Å². The quantitative estimate of drug-likeness (QED) is 0.725. The molecular formula is C19H16BrClN2O3. The van der Waals surface area contributed by atoms with Crippen molar-refractivity contribution in [2.45, 2.75) is 18.9 Å². The molecule has 5 nitrogen and oxygen atoms in total. The Bertz CT molecular complexity index is 871. The molecule has 7 heteroatoms. The molecule has 0 fully saturated rings. The third-order valence-corrected chi connectivity index (χ3v) is 5.16. The van der Waals surface area contributed by atoms with Crippen molar-refractivity contribution in [3.63, 3.8) is 0 Å². The lowest BCUT2D eigenvalue weighted by atomic mass is 10.00. The Labute approximate surface area is 164 Å². The summed E-state index contributed by atoms with van der Waals surface area (Å²) in [5.41, 5.74) is 1.44. The molecule has 1 aliphatic heterocycles. The SMILES string of the molecule is COc1cc(CC(=O)N2C=CC(=O)CC2c2ccccn2)c(Br)cc1Cl. The molecule has 1 aliphatic rings. The summed E-state index contributed by atoms with van der Waals surface area (Å²) < 4.78 is 5.95. The van der Waals surface area contributed by atoms with Crippen LogP contribution in [-0.2, 0) is 16.0 Å². The molecule has 0 aliphatic carbocycles. The molecular weight excluding hydrogens is 420 g/mol. The first-order valence-corrected chi connectivity index (χ1v) is 9.11. The van der Waals surface area contributed by atoms with E-state index in [1.807, 2.05) is 12.1 Å². The number of nitrogens with zero attached hydrogens (tertiary/aromatic N) is 2. The molecule has 0 N–H and O–H groups in total. The van der Waals surface area contributed by atoms with Crippen LogP contribution in [0.3, 0.4) is 0 Å². The summed E-state index contributed by atoms with van der Waals surface area (Å²) in [6.07, 6.45) is 4.96. The molecule has 3 rings (SSSR count). The number of aromatic nitrogens is 1. The second kappa shape index (κ2) is 8.01. The molecule has 0 spiro atoms. The van der Waals surface area contributed by atoms with Gasteiger partial charge in [-0.25, -0.2) is 0 Å². The van der Waals surface area contributed by atoms with E-state index in [4.69, 9.17) is 16.3 Å². The van der Waals surface area contributed by atoms with Gasteiger partial charge in [0.25, 0.3) is 0 Å². The van der Waals surface area contributed by atoms with Crippen LogP contribution in [0, 0.1) is 0 Å². The molecule has 1 atom stereocenters. The van der Waals surface area contributed by atoms with Gasteiger partial charge in [-0.2, -0.15) is 0 Å². The zero-order valence-corrected chi connectivity index (χ0v) is 16.3. The highest BCUT2D eigenvalue weighted by atomic mass is 79.9. The van der Waals surface area contributed by atoms with Crippen molar-refractivity contribution in [2.24, 2.45) is 0 Å². The zero-order valence-electron chi connectivity index (χ0n) is 14.0. The van der Waals surface area contributed by atoms with E-state index in [1.54, 1.807) is 29.3 Å². The third-order valence-electron chi connectivity index (χ3n) is 4.13. The van der Waals surface area contributed by atoms with Gasteiger partial charge in [0.1, 0.15) is 5.75 Å². The van der Waals surface area contributed by atoms with Crippen LogP contribution in [-0.4, -0.2) is 28.7 Å². The first kappa shape index (κ1) is 18.6. The Hall–Kier alpha value is -2.18. The van der Waals surface area contributed by atoms with Crippen LogP contribution in [0.4, 0.5) is 0 Å². The van der Waals surface area contributed by atoms with E-state index in [9.17, 15) is 9.59 Å². The minimum absolute atomic E-state index is 0.0287. The van der Waals surface area contributed by atoms with Crippen LogP contribution >= 0.6 is 27.5 Å². The van der Waals surface area contributed by atoms with Gasteiger partial charge in [-0.3, -0.25) is 14.6 Å². The molecule has 0 saturated heterocycles. The smallest absolute Gasteiger partial charge is 0.231 e. The number of allylic oxidation sites excluding steroid dienone is 1. The second-order valence-corrected chi connectivity index (χ2v) is 7.07. The topological polar surface area (TPSA) is 59.5 Å². The van der Waals surface area contributed by atoms with Gasteiger partial charge < -0.3 is 9.64 Å². The highest BCUT2D eigenvalue weighted by Crippen LogP contribution is 2.33. The first-order chi connectivity index (χ1) is 12.5. The fourth-order valence-corrected chi connectivity index (χ4v) is 3.67. The van der Waals surface area contributed by atoms with Crippen molar-refractivity contribution in [1.29, 1.82) is 0 Å². The fourth-order valence-electron chi connectivity index (χ4n) is 2.82. The van der Waals surface area contributed by atoms with Gasteiger partial charge in [0.15, 0.2) is 5.78 Å². The Morgan fingerprint density at radius 2 is 2.23 bits per heavy atom. The van der Waals surface area contributed by atoms with Gasteiger partial charge in [-0.1, -0.05) is 33.6 Å². The molecule has 134 valence electrons. The first-order valence-electron chi connectivity index (χ1n) is 7.94. The Morgan fingerprint density at radius 1 is 1.42 bits per heavy atom. The standard InChI is InChI=1S/C19H16BrClN2O3/c1-26-18-8-12(14(20)11-15(18)21)9-19(25)23-7-5-13(24)10-17(23)16-4-2-3-6-22-16/h2-8,11,17H,9-10H2,1H3. The summed E-state index contributed by atoms with van der Waals surface area (Å²) >= 11 is 9.54. The maximum atomic E-state index is 12.9. The normalized spacial score (nSPS) is 16.7. The number of hydrogen-bond donors (Lipinski definition) is 0. The molecule has 1 amide bonds. The number of ketones is 1. The van der Waals surface area contributed by atoms with Gasteiger partial charge >= 0.3 is 0 Å². The minimum atomic E-state index is -0.408. The van der Waals surface area contributed by atoms with Crippen molar-refractivity contribution in [2.75, 3.05) is 7.11 Å². The Morgan fingerprint density at radius 3 is 2.92 bits per heavy atom. The van der Waals surface area contributed by atoms with Crippen molar-refractivity contribution < 1.29 is 14.3 Å². The molecule has 1 aromatic carbocycles. The maximum Gasteiger partial charge on any atom is 0.231 e. The number of carbonyl (C=O) groups excluding carboxylic acids is 2.